The van der Waals surface area contributed by atoms with Gasteiger partial charge in [-0.25, -0.2) is 30.0 Å². The van der Waals surface area contributed by atoms with Gasteiger partial charge < -0.3 is 10.0 Å². The lowest BCUT2D eigenvalue weighted by Crippen LogP contribution is -2.51. The molecule has 52 heavy (non-hydrogen) atoms. The Morgan fingerprint density at radius 1 is 0.923 bits per heavy atom. The van der Waals surface area contributed by atoms with Crippen LogP contribution in [0, 0.1) is 0 Å². The molecule has 1 saturated heterocycles. The van der Waals surface area contributed by atoms with Gasteiger partial charge in [0.25, 0.3) is 0 Å². The fraction of sp³-hybridized carbons (Fsp3) is 0.406. The van der Waals surface area contributed by atoms with Crippen LogP contribution in [0.1, 0.15) is 37.2 Å². The average Bonchev–Trinajstić information content (AvgIpc) is 3.83. The number of nitrogens with one attached hydrogen (secondary N) is 2. The van der Waals surface area contributed by atoms with Gasteiger partial charge in [-0.2, -0.15) is 17.5 Å². The van der Waals surface area contributed by atoms with Gasteiger partial charge in [0.15, 0.2) is 0 Å². The number of alkyl halides is 3. The Balaban J connectivity index is 0.00000605. The molecular weight excluding hydrogens is 792 g/mol. The third-order valence-corrected chi connectivity index (χ3v) is 13.6. The van der Waals surface area contributed by atoms with Gasteiger partial charge in [0.05, 0.1) is 10.6 Å². The quantitative estimate of drug-likeness (QED) is 0.189. The van der Waals surface area contributed by atoms with Gasteiger partial charge in [-0.3, -0.25) is 9.52 Å². The molecule has 2 fully saturated rings. The van der Waals surface area contributed by atoms with Crippen molar-refractivity contribution in [1.82, 2.24) is 13.9 Å². The van der Waals surface area contributed by atoms with Crippen molar-refractivity contribution in [3.05, 3.63) is 83.4 Å². The maximum atomic E-state index is 14.2. The van der Waals surface area contributed by atoms with Crippen LogP contribution in [-0.4, -0.2) is 95.1 Å². The second-order valence-corrected chi connectivity index (χ2v) is 18.3. The highest BCUT2D eigenvalue weighted by molar-refractivity contribution is 7.92. The molecule has 0 aromatic heterocycles. The molecule has 3 aromatic rings. The minimum absolute atomic E-state index is 0. The first kappa shape index (κ1) is 41.8. The Bertz CT molecular complexity index is 2070. The minimum Gasteiger partial charge on any atom is -0.480 e. The lowest BCUT2D eigenvalue weighted by molar-refractivity contribution is -0.143. The number of carboxylic acids is 1. The van der Waals surface area contributed by atoms with E-state index in [4.69, 9.17) is 11.6 Å². The van der Waals surface area contributed by atoms with Crippen LogP contribution in [0.5, 0.6) is 0 Å². The highest BCUT2D eigenvalue weighted by Crippen LogP contribution is 2.57. The van der Waals surface area contributed by atoms with E-state index < -0.39 is 66.1 Å². The van der Waals surface area contributed by atoms with Gasteiger partial charge >= 0.3 is 21.5 Å². The van der Waals surface area contributed by atoms with Gasteiger partial charge in [0.2, 0.25) is 20.0 Å². The number of hydrogen-bond donors (Lipinski definition) is 3. The second kappa shape index (κ2) is 16.2. The molecule has 286 valence electrons. The number of halogens is 5. The molecule has 3 N–H and O–H groups in total. The largest absolute Gasteiger partial charge is 0.511 e. The number of carboxylic acid groups (broad SMARTS) is 1. The summed E-state index contributed by atoms with van der Waals surface area (Å²) in [5, 5.41) is 11.0. The molecule has 1 heterocycles. The van der Waals surface area contributed by atoms with Gasteiger partial charge in [-0.15, -0.1) is 12.4 Å². The monoisotopic (exact) mass is 828 g/mol. The van der Waals surface area contributed by atoms with E-state index in [1.807, 2.05) is 0 Å². The van der Waals surface area contributed by atoms with Crippen molar-refractivity contribution < 1.29 is 48.3 Å². The van der Waals surface area contributed by atoms with E-state index >= 15 is 0 Å². The predicted octanol–water partition coefficient (Wildman–Crippen LogP) is 5.10. The van der Waals surface area contributed by atoms with E-state index in [0.717, 1.165) is 32.4 Å². The van der Waals surface area contributed by atoms with Crippen LogP contribution in [0.4, 0.5) is 18.9 Å². The summed E-state index contributed by atoms with van der Waals surface area (Å²) in [6.45, 7) is -0.142. The molecule has 0 amide bonds. The zero-order valence-corrected chi connectivity index (χ0v) is 31.4. The third-order valence-electron chi connectivity index (χ3n) is 8.97. The molecule has 2 atom stereocenters. The molecule has 3 aromatic carbocycles. The summed E-state index contributed by atoms with van der Waals surface area (Å²) in [6.07, 6.45) is 2.73. The number of rotatable bonds is 15. The van der Waals surface area contributed by atoms with Crippen molar-refractivity contribution in [3.63, 3.8) is 0 Å². The smallest absolute Gasteiger partial charge is 0.480 e. The summed E-state index contributed by atoms with van der Waals surface area (Å²) in [5.41, 5.74) is -6.30. The SMILES string of the molecule is Cl.O=C(O)C1(N(CCNS(=O)(=O)C(F)(F)F)S(=O)(=O)c2ccc(-c3ccc(Cl)cc3)cc2)CC1c1cccc(NS(=O)(=O)CCN2CCCCC2)c1. The Kier molecular flexibility index (Phi) is 13.0. The maximum Gasteiger partial charge on any atom is 0.511 e. The van der Waals surface area contributed by atoms with Crippen LogP contribution in [0.3, 0.4) is 0 Å². The summed E-state index contributed by atoms with van der Waals surface area (Å²) in [5.74, 6) is -2.88. The van der Waals surface area contributed by atoms with Crippen molar-refractivity contribution in [3.8, 4) is 11.1 Å². The molecule has 1 aliphatic heterocycles. The fourth-order valence-corrected chi connectivity index (χ4v) is 9.74. The predicted molar refractivity (Wildman–Crippen MR) is 193 cm³/mol. The average molecular weight is 830 g/mol. The van der Waals surface area contributed by atoms with Crippen LogP contribution in [-0.2, 0) is 34.9 Å². The molecule has 2 unspecified atom stereocenters. The van der Waals surface area contributed by atoms with E-state index in [-0.39, 0.29) is 40.7 Å². The van der Waals surface area contributed by atoms with E-state index in [0.29, 0.717) is 27.0 Å². The van der Waals surface area contributed by atoms with E-state index in [2.05, 4.69) is 9.62 Å². The molecule has 20 heteroatoms. The molecule has 2 aliphatic rings. The first-order valence-electron chi connectivity index (χ1n) is 15.9. The lowest BCUT2D eigenvalue weighted by atomic mass is 10.1. The zero-order valence-electron chi connectivity index (χ0n) is 27.4. The normalized spacial score (nSPS) is 19.9. The zero-order chi connectivity index (χ0) is 37.2. The van der Waals surface area contributed by atoms with Crippen LogP contribution in [0.15, 0.2) is 77.7 Å². The second-order valence-electron chi connectivity index (χ2n) is 12.4. The number of carbonyl (C=O) groups is 1. The number of hydrogen-bond acceptors (Lipinski definition) is 8. The molecule has 12 nitrogen and oxygen atoms in total. The summed E-state index contributed by atoms with van der Waals surface area (Å²) in [6, 6.07) is 17.8. The van der Waals surface area contributed by atoms with Crippen LogP contribution in [0.2, 0.25) is 5.02 Å². The van der Waals surface area contributed by atoms with Crippen LogP contribution < -0.4 is 9.44 Å². The highest BCUT2D eigenvalue weighted by Gasteiger charge is 2.68. The van der Waals surface area contributed by atoms with Gasteiger partial charge in [-0.1, -0.05) is 54.4 Å². The number of piperidine rings is 1. The number of benzene rings is 3. The molecule has 1 aliphatic carbocycles. The van der Waals surface area contributed by atoms with Crippen LogP contribution >= 0.6 is 24.0 Å². The Morgan fingerprint density at radius 2 is 1.52 bits per heavy atom. The number of nitrogens with zero attached hydrogens (tertiary/aromatic N) is 2. The van der Waals surface area contributed by atoms with Gasteiger partial charge in [-0.05, 0) is 85.4 Å². The molecule has 0 bridgehead atoms. The van der Waals surface area contributed by atoms with Crippen LogP contribution in [0.25, 0.3) is 11.1 Å². The molecular formula is C32H37Cl2F3N4O8S3. The Hall–Kier alpha value is -2.97. The van der Waals surface area contributed by atoms with E-state index in [1.165, 1.54) is 53.3 Å². The van der Waals surface area contributed by atoms with Crippen molar-refractivity contribution in [2.75, 3.05) is 43.2 Å². The minimum atomic E-state index is -5.89. The standard InChI is InChI=1S/C32H36ClF3N4O8S3.ClH/c33-26-11-7-23(8-12-26)24-9-13-28(14-10-24)50(45,46)40(18-15-37-51(47,48)32(34,35)36)31(30(41)42)22-29(31)25-5-4-6-27(21-25)38-49(43,44)20-19-39-16-2-1-3-17-39;/h4-14,21,29,37-38H,1-3,15-20,22H2,(H,41,42);1H. The first-order valence-corrected chi connectivity index (χ1v) is 20.8. The maximum absolute atomic E-state index is 14.2. The Morgan fingerprint density at radius 3 is 2.10 bits per heavy atom. The van der Waals surface area contributed by atoms with Gasteiger partial charge in [0.1, 0.15) is 5.54 Å². The number of aliphatic carboxylic acids is 1. The van der Waals surface area contributed by atoms with Crippen molar-refractivity contribution >= 4 is 65.7 Å². The highest BCUT2D eigenvalue weighted by atomic mass is 35.5. The third kappa shape index (κ3) is 9.39. The van der Waals surface area contributed by atoms with Gasteiger partial charge in [0, 0.05) is 36.3 Å². The van der Waals surface area contributed by atoms with E-state index in [1.54, 1.807) is 24.3 Å². The van der Waals surface area contributed by atoms with E-state index in [9.17, 15) is 48.3 Å². The Labute approximate surface area is 311 Å². The van der Waals surface area contributed by atoms with Crippen molar-refractivity contribution in [2.45, 2.75) is 47.5 Å². The summed E-state index contributed by atoms with van der Waals surface area (Å²) in [7, 11) is -14.5. The number of likely N-dealkylation sites (tertiary alicyclic amines) is 1. The number of anilines is 1. The fourth-order valence-electron chi connectivity index (χ4n) is 6.23. The molecule has 1 saturated carbocycles. The molecule has 5 rings (SSSR count). The summed E-state index contributed by atoms with van der Waals surface area (Å²) in [4.78, 5) is 14.6. The first-order chi connectivity index (χ1) is 23.9. The molecule has 0 radical (unpaired) electrons. The topological polar surface area (TPSA) is 170 Å². The van der Waals surface area contributed by atoms with Crippen molar-refractivity contribution in [2.24, 2.45) is 0 Å². The molecule has 0 spiro atoms. The number of sulfonamides is 3. The lowest BCUT2D eigenvalue weighted by Gasteiger charge is -2.30. The van der Waals surface area contributed by atoms with Crippen molar-refractivity contribution in [1.29, 1.82) is 0 Å². The summed E-state index contributed by atoms with van der Waals surface area (Å²) >= 11 is 5.95. The summed E-state index contributed by atoms with van der Waals surface area (Å²) < 4.78 is 121.